The lowest BCUT2D eigenvalue weighted by atomic mass is 9.94. The fourth-order valence-electron chi connectivity index (χ4n) is 3.25. The summed E-state index contributed by atoms with van der Waals surface area (Å²) in [4.78, 5) is 22.4. The molecule has 2 aromatic rings. The Morgan fingerprint density at radius 2 is 1.84 bits per heavy atom. The highest BCUT2D eigenvalue weighted by Gasteiger charge is 2.32. The summed E-state index contributed by atoms with van der Waals surface area (Å²) in [6.45, 7) is 5.67. The molecule has 1 heterocycles. The number of amides is 1. The van der Waals surface area contributed by atoms with Crippen molar-refractivity contribution >= 4 is 12.0 Å². The van der Waals surface area contributed by atoms with Gasteiger partial charge in [0.2, 0.25) is 5.95 Å². The van der Waals surface area contributed by atoms with Crippen LogP contribution in [-0.2, 0) is 4.74 Å². The summed E-state index contributed by atoms with van der Waals surface area (Å²) in [6, 6.07) is 10.1. The largest absolute Gasteiger partial charge is 0.443 e. The van der Waals surface area contributed by atoms with Crippen molar-refractivity contribution in [2.75, 3.05) is 4.90 Å². The standard InChI is InChI=1S/C20H27N3O2/c1-20(2,3)25-19(24)23(16-12-8-5-9-13-16)18-21-14-17(22-18)15-10-6-4-7-11-15/h4,6-7,10-11,14,16H,5,8-9,12-13H2,1-3H3,(H,21,22). The van der Waals surface area contributed by atoms with Gasteiger partial charge in [-0.1, -0.05) is 49.6 Å². The maximum Gasteiger partial charge on any atom is 0.417 e. The number of aromatic amines is 1. The molecule has 3 rings (SSSR count). The lowest BCUT2D eigenvalue weighted by Crippen LogP contribution is -2.45. The van der Waals surface area contributed by atoms with Crippen LogP contribution >= 0.6 is 0 Å². The third-order valence-corrected chi connectivity index (χ3v) is 4.39. The molecule has 5 heteroatoms. The van der Waals surface area contributed by atoms with Gasteiger partial charge in [-0.2, -0.15) is 0 Å². The number of ether oxygens (including phenoxy) is 1. The van der Waals surface area contributed by atoms with Crippen LogP contribution in [0.15, 0.2) is 36.5 Å². The molecule has 0 radical (unpaired) electrons. The smallest absolute Gasteiger partial charge is 0.417 e. The Hall–Kier alpha value is -2.30. The zero-order chi connectivity index (χ0) is 17.9. The SMILES string of the molecule is CC(C)(C)OC(=O)N(c1nc(-c2ccccc2)c[nH]1)C1CCCCC1. The average molecular weight is 341 g/mol. The zero-order valence-corrected chi connectivity index (χ0v) is 15.3. The number of imidazole rings is 1. The van der Waals surface area contributed by atoms with E-state index in [0.29, 0.717) is 5.95 Å². The predicted octanol–water partition coefficient (Wildman–Crippen LogP) is 5.15. The number of rotatable bonds is 3. The molecule has 0 aliphatic heterocycles. The van der Waals surface area contributed by atoms with Crippen LogP contribution < -0.4 is 4.90 Å². The van der Waals surface area contributed by atoms with Crippen molar-refractivity contribution < 1.29 is 9.53 Å². The molecule has 0 unspecified atom stereocenters. The number of H-pyrrole nitrogens is 1. The summed E-state index contributed by atoms with van der Waals surface area (Å²) < 4.78 is 5.65. The molecule has 1 aliphatic carbocycles. The second-order valence-electron chi connectivity index (χ2n) is 7.62. The third kappa shape index (κ3) is 4.41. The van der Waals surface area contributed by atoms with Crippen molar-refractivity contribution in [3.05, 3.63) is 36.5 Å². The van der Waals surface area contributed by atoms with Crippen LogP contribution in [0, 0.1) is 0 Å². The van der Waals surface area contributed by atoms with E-state index in [1.165, 1.54) is 6.42 Å². The number of benzene rings is 1. The van der Waals surface area contributed by atoms with Crippen LogP contribution in [0.3, 0.4) is 0 Å². The highest BCUT2D eigenvalue weighted by Crippen LogP contribution is 2.29. The van der Waals surface area contributed by atoms with Crippen LogP contribution in [0.4, 0.5) is 10.7 Å². The Labute approximate surface area is 149 Å². The Morgan fingerprint density at radius 1 is 1.16 bits per heavy atom. The van der Waals surface area contributed by atoms with Gasteiger partial charge >= 0.3 is 6.09 Å². The number of aromatic nitrogens is 2. The molecule has 134 valence electrons. The van der Waals surface area contributed by atoms with Gasteiger partial charge in [-0.3, -0.25) is 0 Å². The summed E-state index contributed by atoms with van der Waals surface area (Å²) in [7, 11) is 0. The van der Waals surface area contributed by atoms with Crippen LogP contribution in [0.5, 0.6) is 0 Å². The van der Waals surface area contributed by atoms with E-state index < -0.39 is 5.60 Å². The van der Waals surface area contributed by atoms with Crippen molar-refractivity contribution in [3.8, 4) is 11.3 Å². The highest BCUT2D eigenvalue weighted by molar-refractivity contribution is 5.87. The summed E-state index contributed by atoms with van der Waals surface area (Å²) in [5, 5.41) is 0. The Balaban J connectivity index is 1.88. The maximum absolute atomic E-state index is 12.8. The van der Waals surface area contributed by atoms with E-state index in [2.05, 4.69) is 9.97 Å². The van der Waals surface area contributed by atoms with Crippen molar-refractivity contribution in [1.82, 2.24) is 9.97 Å². The van der Waals surface area contributed by atoms with Crippen LogP contribution in [0.1, 0.15) is 52.9 Å². The number of hydrogen-bond acceptors (Lipinski definition) is 3. The molecule has 0 atom stereocenters. The molecule has 0 bridgehead atoms. The fraction of sp³-hybridized carbons (Fsp3) is 0.500. The topological polar surface area (TPSA) is 58.2 Å². The van der Waals surface area contributed by atoms with Gasteiger partial charge in [0.05, 0.1) is 5.69 Å². The molecule has 1 aromatic carbocycles. The van der Waals surface area contributed by atoms with E-state index in [9.17, 15) is 4.79 Å². The van der Waals surface area contributed by atoms with Crippen LogP contribution in [0.25, 0.3) is 11.3 Å². The first-order valence-electron chi connectivity index (χ1n) is 9.07. The zero-order valence-electron chi connectivity index (χ0n) is 15.3. The summed E-state index contributed by atoms with van der Waals surface area (Å²) in [6.07, 6.45) is 7.00. The molecule has 1 amide bonds. The number of carbonyl (C=O) groups is 1. The minimum atomic E-state index is -0.529. The van der Waals surface area contributed by atoms with E-state index in [4.69, 9.17) is 4.74 Å². The molecule has 1 saturated carbocycles. The van der Waals surface area contributed by atoms with E-state index in [1.807, 2.05) is 57.3 Å². The molecular formula is C20H27N3O2. The normalized spacial score (nSPS) is 15.8. The van der Waals surface area contributed by atoms with Crippen molar-refractivity contribution in [3.63, 3.8) is 0 Å². The molecule has 25 heavy (non-hydrogen) atoms. The van der Waals surface area contributed by atoms with E-state index in [1.54, 1.807) is 4.90 Å². The molecule has 1 aromatic heterocycles. The Morgan fingerprint density at radius 3 is 2.48 bits per heavy atom. The molecular weight excluding hydrogens is 314 g/mol. The molecule has 0 saturated heterocycles. The third-order valence-electron chi connectivity index (χ3n) is 4.39. The van der Waals surface area contributed by atoms with Crippen molar-refractivity contribution in [2.45, 2.75) is 64.5 Å². The van der Waals surface area contributed by atoms with Gasteiger partial charge in [-0.25, -0.2) is 14.7 Å². The van der Waals surface area contributed by atoms with Gasteiger partial charge in [0.1, 0.15) is 5.60 Å². The van der Waals surface area contributed by atoms with Crippen LogP contribution in [-0.4, -0.2) is 27.7 Å². The quantitative estimate of drug-likeness (QED) is 0.840. The summed E-state index contributed by atoms with van der Waals surface area (Å²) >= 11 is 0. The van der Waals surface area contributed by atoms with Gasteiger partial charge in [-0.15, -0.1) is 0 Å². The van der Waals surface area contributed by atoms with Crippen molar-refractivity contribution in [2.24, 2.45) is 0 Å². The average Bonchev–Trinajstić information content (AvgIpc) is 3.05. The highest BCUT2D eigenvalue weighted by atomic mass is 16.6. The number of hydrogen-bond donors (Lipinski definition) is 1. The predicted molar refractivity (Wildman–Crippen MR) is 99.6 cm³/mol. The van der Waals surface area contributed by atoms with E-state index in [0.717, 1.165) is 36.9 Å². The van der Waals surface area contributed by atoms with Gasteiger partial charge in [0.25, 0.3) is 0 Å². The van der Waals surface area contributed by atoms with E-state index >= 15 is 0 Å². The number of nitrogens with one attached hydrogen (secondary N) is 1. The molecule has 0 spiro atoms. The Kier molecular flexibility index (Phi) is 5.11. The minimum absolute atomic E-state index is 0.137. The first-order chi connectivity index (χ1) is 11.9. The second-order valence-corrected chi connectivity index (χ2v) is 7.62. The minimum Gasteiger partial charge on any atom is -0.443 e. The van der Waals surface area contributed by atoms with E-state index in [-0.39, 0.29) is 12.1 Å². The molecule has 1 aliphatic rings. The summed E-state index contributed by atoms with van der Waals surface area (Å²) in [5.41, 5.74) is 1.33. The summed E-state index contributed by atoms with van der Waals surface area (Å²) in [5.74, 6) is 0.569. The lowest BCUT2D eigenvalue weighted by molar-refractivity contribution is 0.0555. The van der Waals surface area contributed by atoms with Gasteiger partial charge in [0.15, 0.2) is 0 Å². The maximum atomic E-state index is 12.8. The van der Waals surface area contributed by atoms with Crippen molar-refractivity contribution in [1.29, 1.82) is 0 Å². The van der Waals surface area contributed by atoms with Gasteiger partial charge in [-0.05, 0) is 33.6 Å². The number of nitrogens with zero attached hydrogens (tertiary/aromatic N) is 2. The molecule has 1 N–H and O–H groups in total. The number of anilines is 1. The molecule has 5 nitrogen and oxygen atoms in total. The number of carbonyl (C=O) groups excluding carboxylic acids is 1. The van der Waals surface area contributed by atoms with Gasteiger partial charge < -0.3 is 9.72 Å². The monoisotopic (exact) mass is 341 g/mol. The Bertz CT molecular complexity index is 697. The molecule has 1 fully saturated rings. The second kappa shape index (κ2) is 7.30. The first kappa shape index (κ1) is 17.5. The van der Waals surface area contributed by atoms with Crippen LogP contribution in [0.2, 0.25) is 0 Å². The van der Waals surface area contributed by atoms with Gasteiger partial charge in [0, 0.05) is 17.8 Å². The first-order valence-corrected chi connectivity index (χ1v) is 9.07. The lowest BCUT2D eigenvalue weighted by Gasteiger charge is -2.33. The fourth-order valence-corrected chi connectivity index (χ4v) is 3.25.